The van der Waals surface area contributed by atoms with E-state index in [-0.39, 0.29) is 5.91 Å². The van der Waals surface area contributed by atoms with Gasteiger partial charge in [-0.1, -0.05) is 18.2 Å². The minimum Gasteiger partial charge on any atom is -0.494 e. The van der Waals surface area contributed by atoms with E-state index in [1.165, 1.54) is 21.4 Å². The van der Waals surface area contributed by atoms with Gasteiger partial charge < -0.3 is 19.7 Å². The molecule has 6 nitrogen and oxygen atoms in total. The highest BCUT2D eigenvalue weighted by molar-refractivity contribution is 7.21. The molecule has 1 amide bonds. The number of fused-ring (bicyclic) bond motifs is 2. The second-order valence-electron chi connectivity index (χ2n) is 7.02. The summed E-state index contributed by atoms with van der Waals surface area (Å²) in [6, 6.07) is 12.2. The lowest BCUT2D eigenvalue weighted by Gasteiger charge is -2.29. The topological polar surface area (TPSA) is 63.7 Å². The Morgan fingerprint density at radius 2 is 2.07 bits per heavy atom. The molecule has 1 aliphatic rings. The number of carbonyl (C=O) groups excluding carboxylic acids is 1. The van der Waals surface area contributed by atoms with E-state index in [1.54, 1.807) is 18.4 Å². The molecule has 0 radical (unpaired) electrons. The van der Waals surface area contributed by atoms with Crippen molar-refractivity contribution in [2.24, 2.45) is 0 Å². The van der Waals surface area contributed by atoms with Gasteiger partial charge in [0.05, 0.1) is 30.7 Å². The second-order valence-corrected chi connectivity index (χ2v) is 8.93. The number of hydrogen-bond donors (Lipinski definition) is 1. The smallest absolute Gasteiger partial charge is 0.280 e. The van der Waals surface area contributed by atoms with E-state index in [4.69, 9.17) is 9.47 Å². The molecular weight excluding hydrogens is 418 g/mol. The van der Waals surface area contributed by atoms with Gasteiger partial charge in [0.2, 0.25) is 0 Å². The van der Waals surface area contributed by atoms with Crippen molar-refractivity contribution >= 4 is 54.6 Å². The van der Waals surface area contributed by atoms with E-state index in [0.717, 1.165) is 34.6 Å². The van der Waals surface area contributed by atoms with Crippen LogP contribution in [0.5, 0.6) is 5.75 Å². The van der Waals surface area contributed by atoms with Gasteiger partial charge in [-0.15, -0.1) is 22.7 Å². The number of amides is 1. The number of thiazole rings is 1. The molecule has 0 saturated carbocycles. The first-order chi connectivity index (χ1) is 14.7. The van der Waals surface area contributed by atoms with Gasteiger partial charge >= 0.3 is 0 Å². The monoisotopic (exact) mass is 439 g/mol. The molecule has 30 heavy (non-hydrogen) atoms. The van der Waals surface area contributed by atoms with E-state index in [2.05, 4.69) is 32.7 Å². The van der Waals surface area contributed by atoms with Crippen LogP contribution < -0.4 is 15.0 Å². The average molecular weight is 440 g/mol. The average Bonchev–Trinajstić information content (AvgIpc) is 3.42. The van der Waals surface area contributed by atoms with Crippen molar-refractivity contribution in [2.75, 3.05) is 38.3 Å². The predicted octanol–water partition coefficient (Wildman–Crippen LogP) is 4.29. The van der Waals surface area contributed by atoms with E-state index in [9.17, 15) is 4.79 Å². The van der Waals surface area contributed by atoms with Crippen molar-refractivity contribution in [1.82, 2.24) is 10.3 Å². The van der Waals surface area contributed by atoms with Gasteiger partial charge in [0, 0.05) is 24.3 Å². The summed E-state index contributed by atoms with van der Waals surface area (Å²) < 4.78 is 13.2. The highest BCUT2D eigenvalue weighted by Gasteiger charge is 2.21. The van der Waals surface area contributed by atoms with Crippen LogP contribution >= 0.6 is 22.7 Å². The van der Waals surface area contributed by atoms with Crippen LogP contribution in [0.1, 0.15) is 15.4 Å². The van der Waals surface area contributed by atoms with E-state index in [1.807, 2.05) is 24.3 Å². The van der Waals surface area contributed by atoms with E-state index < -0.39 is 0 Å². The van der Waals surface area contributed by atoms with Gasteiger partial charge in [-0.2, -0.15) is 0 Å². The summed E-state index contributed by atoms with van der Waals surface area (Å²) in [7, 11) is 1.63. The first kappa shape index (κ1) is 19.3. The van der Waals surface area contributed by atoms with Crippen molar-refractivity contribution in [2.45, 2.75) is 6.54 Å². The number of nitrogens with one attached hydrogen (secondary N) is 1. The molecule has 5 rings (SSSR count). The Morgan fingerprint density at radius 3 is 2.90 bits per heavy atom. The molecule has 2 aromatic carbocycles. The zero-order valence-electron chi connectivity index (χ0n) is 16.5. The van der Waals surface area contributed by atoms with E-state index >= 15 is 0 Å². The number of carbonyl (C=O) groups is 1. The summed E-state index contributed by atoms with van der Waals surface area (Å²) in [5.74, 6) is 0.516. The maximum absolute atomic E-state index is 12.9. The maximum Gasteiger partial charge on any atom is 0.280 e. The van der Waals surface area contributed by atoms with Gasteiger partial charge in [0.1, 0.15) is 11.3 Å². The third-order valence-corrected chi connectivity index (χ3v) is 7.34. The highest BCUT2D eigenvalue weighted by Crippen LogP contribution is 2.38. The molecule has 1 N–H and O–H groups in total. The van der Waals surface area contributed by atoms with Crippen LogP contribution in [0.3, 0.4) is 0 Å². The number of morpholine rings is 1. The molecule has 0 spiro atoms. The molecular formula is C22H21N3O3S2. The number of anilines is 1. The summed E-state index contributed by atoms with van der Waals surface area (Å²) in [5, 5.41) is 6.76. The Morgan fingerprint density at radius 1 is 1.23 bits per heavy atom. The van der Waals surface area contributed by atoms with Crippen molar-refractivity contribution < 1.29 is 14.3 Å². The fourth-order valence-corrected chi connectivity index (χ4v) is 5.71. The number of methoxy groups -OCH3 is 1. The molecule has 1 aliphatic heterocycles. The number of ether oxygens (including phenoxy) is 2. The molecule has 8 heteroatoms. The molecule has 4 aromatic rings. The van der Waals surface area contributed by atoms with Crippen LogP contribution in [0.2, 0.25) is 0 Å². The molecule has 0 atom stereocenters. The normalized spacial score (nSPS) is 14.4. The van der Waals surface area contributed by atoms with Crippen LogP contribution in [0.15, 0.2) is 41.8 Å². The fraction of sp³-hybridized carbons (Fsp3) is 0.273. The maximum atomic E-state index is 12.9. The highest BCUT2D eigenvalue weighted by atomic mass is 32.1. The third kappa shape index (κ3) is 3.51. The summed E-state index contributed by atoms with van der Waals surface area (Å²) in [4.78, 5) is 19.8. The SMILES string of the molecule is COc1ccc(N2CCOCC2)c2sc(C(=O)NCc3csc4ccccc34)nc12. The Balaban J connectivity index is 1.42. The van der Waals surface area contributed by atoms with E-state index in [0.29, 0.717) is 30.5 Å². The standard InChI is InChI=1S/C22H21N3O3S2/c1-27-17-7-6-16(25-8-10-28-11-9-25)20-19(17)24-22(30-20)21(26)23-12-14-13-29-18-5-3-2-4-15(14)18/h2-7,13H,8-12H2,1H3,(H,23,26). The molecule has 2 aromatic heterocycles. The molecule has 154 valence electrons. The summed E-state index contributed by atoms with van der Waals surface area (Å²) in [6.45, 7) is 3.53. The third-order valence-electron chi connectivity index (χ3n) is 5.25. The van der Waals surface area contributed by atoms with Gasteiger partial charge in [-0.05, 0) is 34.5 Å². The lowest BCUT2D eigenvalue weighted by molar-refractivity contribution is 0.0951. The number of benzene rings is 2. The molecule has 0 unspecified atom stereocenters. The van der Waals surface area contributed by atoms with Crippen LogP contribution in [-0.2, 0) is 11.3 Å². The number of aromatic nitrogens is 1. The Bertz CT molecular complexity index is 1210. The van der Waals surface area contributed by atoms with Crippen molar-refractivity contribution in [3.63, 3.8) is 0 Å². The quantitative estimate of drug-likeness (QED) is 0.503. The zero-order chi connectivity index (χ0) is 20.5. The molecule has 0 aliphatic carbocycles. The Hall–Kier alpha value is -2.68. The second kappa shape index (κ2) is 8.22. The number of nitrogens with zero attached hydrogens (tertiary/aromatic N) is 2. The van der Waals surface area contributed by atoms with Crippen LogP contribution in [0, 0.1) is 0 Å². The lowest BCUT2D eigenvalue weighted by atomic mass is 10.2. The largest absolute Gasteiger partial charge is 0.494 e. The van der Waals surface area contributed by atoms with Crippen LogP contribution in [0.4, 0.5) is 5.69 Å². The molecule has 3 heterocycles. The first-order valence-electron chi connectivity index (χ1n) is 9.78. The minimum atomic E-state index is -0.165. The van der Waals surface area contributed by atoms with Gasteiger partial charge in [0.15, 0.2) is 5.01 Å². The minimum absolute atomic E-state index is 0.165. The first-order valence-corrected chi connectivity index (χ1v) is 11.5. The Kier molecular flexibility index (Phi) is 5.28. The van der Waals surface area contributed by atoms with Crippen molar-refractivity contribution in [3.05, 3.63) is 52.3 Å². The number of rotatable bonds is 5. The van der Waals surface area contributed by atoms with Gasteiger partial charge in [-0.3, -0.25) is 4.79 Å². The molecule has 0 bridgehead atoms. The van der Waals surface area contributed by atoms with Crippen LogP contribution in [0.25, 0.3) is 20.3 Å². The van der Waals surface area contributed by atoms with Gasteiger partial charge in [-0.25, -0.2) is 4.98 Å². The van der Waals surface area contributed by atoms with Crippen molar-refractivity contribution in [1.29, 1.82) is 0 Å². The van der Waals surface area contributed by atoms with Crippen LogP contribution in [-0.4, -0.2) is 44.3 Å². The lowest BCUT2D eigenvalue weighted by Crippen LogP contribution is -2.36. The summed E-state index contributed by atoms with van der Waals surface area (Å²) in [5.41, 5.74) is 2.93. The van der Waals surface area contributed by atoms with Crippen molar-refractivity contribution in [3.8, 4) is 5.75 Å². The predicted molar refractivity (Wildman–Crippen MR) is 122 cm³/mol. The number of thiophene rings is 1. The molecule has 1 fully saturated rings. The summed E-state index contributed by atoms with van der Waals surface area (Å²) >= 11 is 3.10. The molecule has 1 saturated heterocycles. The Labute approximate surface area is 182 Å². The summed E-state index contributed by atoms with van der Waals surface area (Å²) in [6.07, 6.45) is 0. The fourth-order valence-electron chi connectivity index (χ4n) is 3.71. The zero-order valence-corrected chi connectivity index (χ0v) is 18.1. The van der Waals surface area contributed by atoms with Gasteiger partial charge in [0.25, 0.3) is 5.91 Å². The number of hydrogen-bond acceptors (Lipinski definition) is 7.